The molecule has 0 heterocycles. The summed E-state index contributed by atoms with van der Waals surface area (Å²) < 4.78 is 22.8. The quantitative estimate of drug-likeness (QED) is 0.785. The molecular weight excluding hydrogens is 263 g/mol. The molecule has 4 unspecified atom stereocenters. The fraction of sp³-hybridized carbons (Fsp3) is 1.00. The molecule has 112 valence electrons. The predicted molar refractivity (Wildman–Crippen MR) is 74.8 cm³/mol. The molecule has 2 fully saturated rings. The van der Waals surface area contributed by atoms with Gasteiger partial charge in [-0.05, 0) is 37.5 Å². The van der Waals surface area contributed by atoms with Crippen LogP contribution in [0.4, 0.5) is 0 Å². The molecule has 0 saturated heterocycles. The normalized spacial score (nSPS) is 39.7. The molecule has 0 radical (unpaired) electrons. The van der Waals surface area contributed by atoms with Crippen LogP contribution in [0.1, 0.15) is 65.2 Å². The van der Waals surface area contributed by atoms with E-state index in [2.05, 4.69) is 13.8 Å². The molecule has 0 aromatic rings. The summed E-state index contributed by atoms with van der Waals surface area (Å²) >= 11 is 0. The van der Waals surface area contributed by atoms with Crippen LogP contribution in [0.2, 0.25) is 0 Å². The Kier molecular flexibility index (Phi) is 5.47. The maximum Gasteiger partial charge on any atom is 0.472 e. The summed E-state index contributed by atoms with van der Waals surface area (Å²) in [7, 11) is -3.88. The van der Waals surface area contributed by atoms with E-state index in [1.807, 2.05) is 0 Å². The number of phosphoric acid groups is 1. The van der Waals surface area contributed by atoms with E-state index in [1.54, 1.807) is 0 Å². The highest BCUT2D eigenvalue weighted by Crippen LogP contribution is 2.50. The maximum atomic E-state index is 12.1. The third-order valence-corrected chi connectivity index (χ3v) is 5.47. The second-order valence-electron chi connectivity index (χ2n) is 6.47. The van der Waals surface area contributed by atoms with Crippen molar-refractivity contribution in [3.8, 4) is 0 Å². The first kappa shape index (κ1) is 15.5. The zero-order valence-corrected chi connectivity index (χ0v) is 13.0. The molecule has 0 aromatic carbocycles. The molecule has 2 aliphatic carbocycles. The molecule has 19 heavy (non-hydrogen) atoms. The Morgan fingerprint density at radius 2 is 1.32 bits per heavy atom. The highest BCUT2D eigenvalue weighted by molar-refractivity contribution is 7.47. The van der Waals surface area contributed by atoms with Gasteiger partial charge in [0.2, 0.25) is 0 Å². The first-order valence-corrected chi connectivity index (χ1v) is 9.14. The lowest BCUT2D eigenvalue weighted by molar-refractivity contribution is 0.0341. The zero-order valence-electron chi connectivity index (χ0n) is 12.1. The van der Waals surface area contributed by atoms with Crippen LogP contribution in [0.5, 0.6) is 0 Å². The third kappa shape index (κ3) is 5.18. The van der Waals surface area contributed by atoms with Gasteiger partial charge in [-0.1, -0.05) is 39.5 Å². The van der Waals surface area contributed by atoms with Crippen molar-refractivity contribution in [1.82, 2.24) is 0 Å². The molecule has 2 rings (SSSR count). The highest BCUT2D eigenvalue weighted by Gasteiger charge is 2.33. The monoisotopic (exact) mass is 290 g/mol. The number of hydrogen-bond donors (Lipinski definition) is 1. The molecule has 0 bridgehead atoms. The van der Waals surface area contributed by atoms with Crippen LogP contribution in [0.25, 0.3) is 0 Å². The number of hydrogen-bond acceptors (Lipinski definition) is 3. The summed E-state index contributed by atoms with van der Waals surface area (Å²) in [6.07, 6.45) is 7.80. The van der Waals surface area contributed by atoms with E-state index in [0.717, 1.165) is 38.5 Å². The van der Waals surface area contributed by atoms with Crippen molar-refractivity contribution in [3.63, 3.8) is 0 Å². The summed E-state index contributed by atoms with van der Waals surface area (Å²) in [5.74, 6) is 1.15. The van der Waals surface area contributed by atoms with Crippen LogP contribution in [-0.2, 0) is 13.6 Å². The van der Waals surface area contributed by atoms with Gasteiger partial charge in [0.05, 0.1) is 12.2 Å². The Morgan fingerprint density at radius 3 is 1.68 bits per heavy atom. The van der Waals surface area contributed by atoms with Gasteiger partial charge in [0, 0.05) is 0 Å². The Hall–Kier alpha value is 0.110. The first-order chi connectivity index (χ1) is 8.94. The lowest BCUT2D eigenvalue weighted by Gasteiger charge is -2.31. The molecule has 0 amide bonds. The van der Waals surface area contributed by atoms with Crippen molar-refractivity contribution in [2.24, 2.45) is 11.8 Å². The van der Waals surface area contributed by atoms with Gasteiger partial charge in [0.25, 0.3) is 0 Å². The van der Waals surface area contributed by atoms with Crippen LogP contribution in [0.15, 0.2) is 0 Å². The third-order valence-electron chi connectivity index (χ3n) is 4.34. The molecule has 4 nitrogen and oxygen atoms in total. The van der Waals surface area contributed by atoms with E-state index in [1.165, 1.54) is 12.8 Å². The SMILES string of the molecule is CC1CCCC(OP(=O)(O)OC2CCCC(C)C2)C1. The van der Waals surface area contributed by atoms with E-state index in [-0.39, 0.29) is 12.2 Å². The second-order valence-corrected chi connectivity index (χ2v) is 7.83. The van der Waals surface area contributed by atoms with Gasteiger partial charge in [-0.2, -0.15) is 0 Å². The van der Waals surface area contributed by atoms with Gasteiger partial charge in [-0.3, -0.25) is 9.05 Å². The topological polar surface area (TPSA) is 55.8 Å². The van der Waals surface area contributed by atoms with E-state index in [9.17, 15) is 9.46 Å². The minimum absolute atomic E-state index is 0.111. The van der Waals surface area contributed by atoms with Crippen molar-refractivity contribution in [2.45, 2.75) is 77.4 Å². The Labute approximate surface area is 116 Å². The lowest BCUT2D eigenvalue weighted by atomic mass is 9.89. The second kappa shape index (κ2) is 6.71. The molecule has 0 spiro atoms. The average molecular weight is 290 g/mol. The Bertz CT molecular complexity index is 305. The van der Waals surface area contributed by atoms with Gasteiger partial charge in [0.15, 0.2) is 0 Å². The van der Waals surface area contributed by atoms with Crippen LogP contribution >= 0.6 is 7.82 Å². The minimum Gasteiger partial charge on any atom is -0.302 e. The van der Waals surface area contributed by atoms with Crippen molar-refractivity contribution in [3.05, 3.63) is 0 Å². The number of phosphoric ester groups is 1. The van der Waals surface area contributed by atoms with Crippen LogP contribution in [-0.4, -0.2) is 17.1 Å². The van der Waals surface area contributed by atoms with Crippen molar-refractivity contribution in [1.29, 1.82) is 0 Å². The van der Waals surface area contributed by atoms with Crippen molar-refractivity contribution in [2.75, 3.05) is 0 Å². The van der Waals surface area contributed by atoms with Gasteiger partial charge in [0.1, 0.15) is 0 Å². The molecule has 2 aliphatic rings. The van der Waals surface area contributed by atoms with Crippen LogP contribution < -0.4 is 0 Å². The van der Waals surface area contributed by atoms with Crippen molar-refractivity contribution < 1.29 is 18.5 Å². The zero-order chi connectivity index (χ0) is 13.9. The molecule has 4 atom stereocenters. The smallest absolute Gasteiger partial charge is 0.302 e. The van der Waals surface area contributed by atoms with Crippen LogP contribution in [0, 0.1) is 11.8 Å². The van der Waals surface area contributed by atoms with Crippen LogP contribution in [0.3, 0.4) is 0 Å². The fourth-order valence-electron chi connectivity index (χ4n) is 3.35. The largest absolute Gasteiger partial charge is 0.472 e. The molecular formula is C14H27O4P. The van der Waals surface area contributed by atoms with Gasteiger partial charge in [-0.25, -0.2) is 4.57 Å². The summed E-state index contributed by atoms with van der Waals surface area (Å²) in [4.78, 5) is 9.90. The molecule has 1 N–H and O–H groups in total. The summed E-state index contributed by atoms with van der Waals surface area (Å²) in [5.41, 5.74) is 0. The van der Waals surface area contributed by atoms with E-state index in [4.69, 9.17) is 9.05 Å². The molecule has 2 saturated carbocycles. The Balaban J connectivity index is 1.82. The standard InChI is InChI=1S/C14H27O4P/c1-11-5-3-7-13(9-11)17-19(15,16)18-14-8-4-6-12(2)10-14/h11-14H,3-10H2,1-2H3,(H,15,16). The van der Waals surface area contributed by atoms with E-state index >= 15 is 0 Å². The highest BCUT2D eigenvalue weighted by atomic mass is 31.2. The van der Waals surface area contributed by atoms with Gasteiger partial charge >= 0.3 is 7.82 Å². The summed E-state index contributed by atoms with van der Waals surface area (Å²) in [5, 5.41) is 0. The van der Waals surface area contributed by atoms with E-state index in [0.29, 0.717) is 11.8 Å². The maximum absolute atomic E-state index is 12.1. The van der Waals surface area contributed by atoms with Gasteiger partial charge in [-0.15, -0.1) is 0 Å². The van der Waals surface area contributed by atoms with E-state index < -0.39 is 7.82 Å². The average Bonchev–Trinajstić information content (AvgIpc) is 2.27. The number of rotatable bonds is 4. The molecule has 0 aromatic heterocycles. The molecule has 5 heteroatoms. The first-order valence-electron chi connectivity index (χ1n) is 7.64. The minimum atomic E-state index is -3.88. The van der Waals surface area contributed by atoms with Gasteiger partial charge < -0.3 is 4.89 Å². The predicted octanol–water partition coefficient (Wildman–Crippen LogP) is 4.28. The Morgan fingerprint density at radius 1 is 0.895 bits per heavy atom. The van der Waals surface area contributed by atoms with Crippen molar-refractivity contribution >= 4 is 7.82 Å². The summed E-state index contributed by atoms with van der Waals surface area (Å²) in [6, 6.07) is 0. The lowest BCUT2D eigenvalue weighted by Crippen LogP contribution is -2.24. The fourth-order valence-corrected chi connectivity index (χ4v) is 4.54. The molecule has 0 aliphatic heterocycles. The summed E-state index contributed by atoms with van der Waals surface area (Å²) in [6.45, 7) is 4.34.